The van der Waals surface area contributed by atoms with Crippen LogP contribution >= 0.6 is 11.3 Å². The van der Waals surface area contributed by atoms with Crippen LogP contribution in [-0.2, 0) is 16.4 Å². The SMILES string of the molecule is CCCCc1nnc(NC(=O)c2ccc(S(=O)(=O)N(CC)CC)cc2)s1. The number of carbonyl (C=O) groups excluding carboxylic acids is 1. The van der Waals surface area contributed by atoms with Crippen LogP contribution in [0.15, 0.2) is 29.2 Å². The van der Waals surface area contributed by atoms with E-state index in [1.54, 1.807) is 13.8 Å². The highest BCUT2D eigenvalue weighted by molar-refractivity contribution is 7.89. The number of sulfonamides is 1. The van der Waals surface area contributed by atoms with Crippen molar-refractivity contribution in [1.29, 1.82) is 0 Å². The van der Waals surface area contributed by atoms with E-state index in [1.807, 2.05) is 0 Å². The van der Waals surface area contributed by atoms with E-state index >= 15 is 0 Å². The topological polar surface area (TPSA) is 92.3 Å². The molecule has 0 radical (unpaired) electrons. The van der Waals surface area contributed by atoms with Gasteiger partial charge in [-0.1, -0.05) is 38.5 Å². The lowest BCUT2D eigenvalue weighted by atomic mass is 10.2. The summed E-state index contributed by atoms with van der Waals surface area (Å²) in [5.74, 6) is -0.338. The fourth-order valence-electron chi connectivity index (χ4n) is 2.39. The Morgan fingerprint density at radius 2 is 1.77 bits per heavy atom. The predicted octanol–water partition coefficient (Wildman–Crippen LogP) is 3.16. The molecule has 1 aromatic heterocycles. The number of carbonyl (C=O) groups is 1. The molecule has 1 N–H and O–H groups in total. The Labute approximate surface area is 158 Å². The maximum absolute atomic E-state index is 12.5. The van der Waals surface area contributed by atoms with Crippen molar-refractivity contribution in [1.82, 2.24) is 14.5 Å². The lowest BCUT2D eigenvalue weighted by Crippen LogP contribution is -2.30. The van der Waals surface area contributed by atoms with Crippen LogP contribution in [0, 0.1) is 0 Å². The van der Waals surface area contributed by atoms with E-state index in [9.17, 15) is 13.2 Å². The van der Waals surface area contributed by atoms with Gasteiger partial charge in [-0.3, -0.25) is 10.1 Å². The van der Waals surface area contributed by atoms with E-state index in [4.69, 9.17) is 0 Å². The second kappa shape index (κ2) is 9.20. The molecule has 0 bridgehead atoms. The number of amides is 1. The lowest BCUT2D eigenvalue weighted by Gasteiger charge is -2.18. The number of nitrogens with one attached hydrogen (secondary N) is 1. The molecule has 1 aromatic carbocycles. The van der Waals surface area contributed by atoms with Gasteiger partial charge in [-0.05, 0) is 30.7 Å². The summed E-state index contributed by atoms with van der Waals surface area (Å²) < 4.78 is 26.3. The normalized spacial score (nSPS) is 11.7. The fourth-order valence-corrected chi connectivity index (χ4v) is 4.63. The predicted molar refractivity (Wildman–Crippen MR) is 103 cm³/mol. The van der Waals surface area contributed by atoms with Gasteiger partial charge in [-0.2, -0.15) is 4.31 Å². The Hall–Kier alpha value is -1.84. The van der Waals surface area contributed by atoms with E-state index in [0.717, 1.165) is 24.3 Å². The van der Waals surface area contributed by atoms with E-state index < -0.39 is 10.0 Å². The van der Waals surface area contributed by atoms with Crippen LogP contribution in [0.25, 0.3) is 0 Å². The van der Waals surface area contributed by atoms with Gasteiger partial charge in [0.1, 0.15) is 5.01 Å². The molecule has 0 aliphatic carbocycles. The Kier molecular flexibility index (Phi) is 7.24. The van der Waals surface area contributed by atoms with Gasteiger partial charge in [0, 0.05) is 25.1 Å². The Bertz CT molecular complexity index is 828. The minimum atomic E-state index is -3.53. The zero-order chi connectivity index (χ0) is 19.2. The van der Waals surface area contributed by atoms with Crippen LogP contribution in [-0.4, -0.2) is 41.9 Å². The van der Waals surface area contributed by atoms with Crippen molar-refractivity contribution in [2.75, 3.05) is 18.4 Å². The zero-order valence-corrected chi connectivity index (χ0v) is 16.9. The summed E-state index contributed by atoms with van der Waals surface area (Å²) in [6.45, 7) is 6.49. The van der Waals surface area contributed by atoms with Crippen molar-refractivity contribution in [2.24, 2.45) is 0 Å². The number of hydrogen-bond acceptors (Lipinski definition) is 6. The minimum absolute atomic E-state index is 0.176. The number of aryl methyl sites for hydroxylation is 1. The number of rotatable bonds is 9. The van der Waals surface area contributed by atoms with Gasteiger partial charge in [-0.15, -0.1) is 10.2 Å². The fraction of sp³-hybridized carbons (Fsp3) is 0.471. The molecular formula is C17H24N4O3S2. The molecule has 0 unspecified atom stereocenters. The van der Waals surface area contributed by atoms with E-state index in [1.165, 1.54) is 39.9 Å². The van der Waals surface area contributed by atoms with Crippen LogP contribution in [0.3, 0.4) is 0 Å². The van der Waals surface area contributed by atoms with Crippen molar-refractivity contribution in [3.05, 3.63) is 34.8 Å². The third-order valence-corrected chi connectivity index (χ3v) is 6.85. The molecule has 0 aliphatic heterocycles. The smallest absolute Gasteiger partial charge is 0.257 e. The first-order chi connectivity index (χ1) is 12.4. The van der Waals surface area contributed by atoms with Crippen LogP contribution in [0.5, 0.6) is 0 Å². The summed E-state index contributed by atoms with van der Waals surface area (Å²) in [5, 5.41) is 12.1. The molecule has 0 saturated carbocycles. The Balaban J connectivity index is 2.08. The van der Waals surface area contributed by atoms with Gasteiger partial charge in [0.2, 0.25) is 15.2 Å². The monoisotopic (exact) mass is 396 g/mol. The van der Waals surface area contributed by atoms with Gasteiger partial charge < -0.3 is 0 Å². The molecule has 0 spiro atoms. The molecule has 0 fully saturated rings. The molecule has 1 heterocycles. The minimum Gasteiger partial charge on any atom is -0.296 e. The number of anilines is 1. The van der Waals surface area contributed by atoms with Crippen molar-refractivity contribution >= 4 is 32.4 Å². The number of aromatic nitrogens is 2. The summed E-state index contributed by atoms with van der Waals surface area (Å²) in [5.41, 5.74) is 0.369. The molecule has 26 heavy (non-hydrogen) atoms. The molecule has 0 atom stereocenters. The molecule has 2 rings (SSSR count). The first-order valence-corrected chi connectivity index (χ1v) is 10.9. The summed E-state index contributed by atoms with van der Waals surface area (Å²) in [7, 11) is -3.53. The molecule has 1 amide bonds. The second-order valence-corrected chi connectivity index (χ2v) is 8.67. The van der Waals surface area contributed by atoms with Crippen molar-refractivity contribution in [3.63, 3.8) is 0 Å². The number of benzene rings is 1. The third-order valence-electron chi connectivity index (χ3n) is 3.89. The molecule has 7 nitrogen and oxygen atoms in total. The quantitative estimate of drug-likeness (QED) is 0.703. The highest BCUT2D eigenvalue weighted by Crippen LogP contribution is 2.19. The van der Waals surface area contributed by atoms with Gasteiger partial charge >= 0.3 is 0 Å². The van der Waals surface area contributed by atoms with Crippen molar-refractivity contribution < 1.29 is 13.2 Å². The van der Waals surface area contributed by atoms with Gasteiger partial charge in [0.25, 0.3) is 5.91 Å². The van der Waals surface area contributed by atoms with Crippen molar-refractivity contribution in [2.45, 2.75) is 44.9 Å². The lowest BCUT2D eigenvalue weighted by molar-refractivity contribution is 0.102. The Morgan fingerprint density at radius 1 is 1.12 bits per heavy atom. The zero-order valence-electron chi connectivity index (χ0n) is 15.2. The number of nitrogens with zero attached hydrogens (tertiary/aromatic N) is 3. The van der Waals surface area contributed by atoms with Gasteiger partial charge in [0.15, 0.2) is 0 Å². The highest BCUT2D eigenvalue weighted by atomic mass is 32.2. The third kappa shape index (κ3) is 4.87. The van der Waals surface area contributed by atoms with Crippen molar-refractivity contribution in [3.8, 4) is 0 Å². The highest BCUT2D eigenvalue weighted by Gasteiger charge is 2.21. The average Bonchev–Trinajstić information content (AvgIpc) is 3.08. The molecular weight excluding hydrogens is 372 g/mol. The maximum Gasteiger partial charge on any atom is 0.257 e. The molecule has 0 saturated heterocycles. The summed E-state index contributed by atoms with van der Waals surface area (Å²) in [6, 6.07) is 5.92. The van der Waals surface area contributed by atoms with E-state index in [0.29, 0.717) is 23.8 Å². The number of unbranched alkanes of at least 4 members (excludes halogenated alkanes) is 1. The summed E-state index contributed by atoms with van der Waals surface area (Å²) >= 11 is 1.36. The molecule has 142 valence electrons. The molecule has 9 heteroatoms. The van der Waals surface area contributed by atoms with E-state index in [2.05, 4.69) is 22.4 Å². The first-order valence-electron chi connectivity index (χ1n) is 8.66. The second-order valence-electron chi connectivity index (χ2n) is 5.67. The standard InChI is InChI=1S/C17H24N4O3S2/c1-4-7-8-15-19-20-17(25-15)18-16(22)13-9-11-14(12-10-13)26(23,24)21(5-2)6-3/h9-12H,4-8H2,1-3H3,(H,18,20,22). The summed E-state index contributed by atoms with van der Waals surface area (Å²) in [6.07, 6.45) is 2.96. The van der Waals surface area contributed by atoms with E-state index in [-0.39, 0.29) is 10.8 Å². The van der Waals surface area contributed by atoms with Crippen LogP contribution in [0.1, 0.15) is 49.0 Å². The van der Waals surface area contributed by atoms with Crippen LogP contribution in [0.4, 0.5) is 5.13 Å². The first kappa shape index (κ1) is 20.5. The summed E-state index contributed by atoms with van der Waals surface area (Å²) in [4.78, 5) is 12.5. The maximum atomic E-state index is 12.5. The van der Waals surface area contributed by atoms with Crippen LogP contribution < -0.4 is 5.32 Å². The average molecular weight is 397 g/mol. The number of hydrogen-bond donors (Lipinski definition) is 1. The molecule has 0 aliphatic rings. The van der Waals surface area contributed by atoms with Crippen LogP contribution in [0.2, 0.25) is 0 Å². The van der Waals surface area contributed by atoms with Gasteiger partial charge in [0.05, 0.1) is 4.90 Å². The molecule has 2 aromatic rings. The Morgan fingerprint density at radius 3 is 2.35 bits per heavy atom. The largest absolute Gasteiger partial charge is 0.296 e. The van der Waals surface area contributed by atoms with Gasteiger partial charge in [-0.25, -0.2) is 8.42 Å².